The Kier molecular flexibility index (Phi) is 9.48. The molecule has 7 nitrogen and oxygen atoms in total. The van der Waals surface area contributed by atoms with Gasteiger partial charge in [0.25, 0.3) is 0 Å². The number of halogens is 6. The zero-order valence-electron chi connectivity index (χ0n) is 22.1. The van der Waals surface area contributed by atoms with Crippen LogP contribution in [0.2, 0.25) is 0 Å². The molecule has 2 atom stereocenters. The van der Waals surface area contributed by atoms with Crippen LogP contribution in [0, 0.1) is 11.6 Å². The summed E-state index contributed by atoms with van der Waals surface area (Å²) < 4.78 is 119. The molecule has 0 aliphatic carbocycles. The van der Waals surface area contributed by atoms with Gasteiger partial charge < -0.3 is 14.8 Å². The van der Waals surface area contributed by atoms with E-state index in [1.165, 1.54) is 13.2 Å². The van der Waals surface area contributed by atoms with E-state index in [-0.39, 0.29) is 47.1 Å². The normalized spacial score (nSPS) is 17.8. The molecule has 226 valence electrons. The van der Waals surface area contributed by atoms with Gasteiger partial charge in [-0.05, 0) is 65.7 Å². The third-order valence-electron chi connectivity index (χ3n) is 6.52. The highest BCUT2D eigenvalue weighted by molar-refractivity contribution is 7.89. The maximum Gasteiger partial charge on any atom is 0.416 e. The van der Waals surface area contributed by atoms with Crippen LogP contribution in [0.1, 0.15) is 17.5 Å². The molecule has 0 spiro atoms. The molecule has 14 heteroatoms. The summed E-state index contributed by atoms with van der Waals surface area (Å²) in [5.41, 5.74) is -0.460. The molecule has 0 saturated carbocycles. The Morgan fingerprint density at radius 3 is 2.38 bits per heavy atom. The number of rotatable bonds is 10. The summed E-state index contributed by atoms with van der Waals surface area (Å²) in [5, 5.41) is 2.48. The number of nitrogens with zero attached hydrogens (tertiary/aromatic N) is 1. The molecule has 42 heavy (non-hydrogen) atoms. The number of carbonyl (C=O) groups excluding carboxylic acids is 1. The molecule has 3 aromatic rings. The summed E-state index contributed by atoms with van der Waals surface area (Å²) in [7, 11) is -2.95. The first kappa shape index (κ1) is 31.3. The van der Waals surface area contributed by atoms with E-state index >= 15 is 0 Å². The molecule has 0 radical (unpaired) electrons. The van der Waals surface area contributed by atoms with Crippen LogP contribution in [-0.4, -0.2) is 57.7 Å². The number of alkyl halides is 4. The second-order valence-corrected chi connectivity index (χ2v) is 11.4. The van der Waals surface area contributed by atoms with Crippen molar-refractivity contribution in [3.63, 3.8) is 0 Å². The molecule has 3 aromatic carbocycles. The second-order valence-electron chi connectivity index (χ2n) is 9.49. The van der Waals surface area contributed by atoms with Crippen molar-refractivity contribution >= 4 is 15.9 Å². The largest absolute Gasteiger partial charge is 0.491 e. The molecule has 1 fully saturated rings. The molecule has 1 aliphatic heterocycles. The van der Waals surface area contributed by atoms with E-state index in [1.54, 1.807) is 0 Å². The van der Waals surface area contributed by atoms with Crippen LogP contribution >= 0.6 is 0 Å². The van der Waals surface area contributed by atoms with Crippen LogP contribution < -0.4 is 10.1 Å². The molecule has 4 rings (SSSR count). The topological polar surface area (TPSA) is 84.9 Å². The minimum absolute atomic E-state index is 0.0721. The number of carbonyl (C=O) groups is 1. The Hall–Kier alpha value is -3.62. The Morgan fingerprint density at radius 1 is 1.00 bits per heavy atom. The highest BCUT2D eigenvalue weighted by Gasteiger charge is 2.44. The van der Waals surface area contributed by atoms with Crippen molar-refractivity contribution in [2.45, 2.75) is 36.3 Å². The Morgan fingerprint density at radius 2 is 1.71 bits per heavy atom. The lowest BCUT2D eigenvalue weighted by Gasteiger charge is -2.23. The summed E-state index contributed by atoms with van der Waals surface area (Å²) >= 11 is 0. The number of amides is 1. The van der Waals surface area contributed by atoms with E-state index < -0.39 is 64.5 Å². The van der Waals surface area contributed by atoms with Crippen molar-refractivity contribution in [2.75, 3.05) is 26.9 Å². The number of hydrogen-bond acceptors (Lipinski definition) is 5. The summed E-state index contributed by atoms with van der Waals surface area (Å²) in [4.78, 5) is 12.7. The number of hydrogen-bond donors (Lipinski definition) is 1. The monoisotopic (exact) mass is 616 g/mol. The van der Waals surface area contributed by atoms with Crippen molar-refractivity contribution in [1.29, 1.82) is 0 Å². The van der Waals surface area contributed by atoms with E-state index in [0.717, 1.165) is 54.6 Å². The van der Waals surface area contributed by atoms with Crippen LogP contribution in [-0.2, 0) is 32.3 Å². The summed E-state index contributed by atoms with van der Waals surface area (Å²) in [6.45, 7) is -0.869. The predicted octanol–water partition coefficient (Wildman–Crippen LogP) is 5.09. The van der Waals surface area contributed by atoms with Gasteiger partial charge in [0.15, 0.2) is 0 Å². The SMILES string of the molecule is COCCOc1cc(C(F)(F)F)ccc1-c1cc(F)cc(CNC(=O)[C@@H]2C[C@@H](F)CN2S(=O)(=O)c2ccc(F)cc2)c1. The third kappa shape index (κ3) is 7.23. The first-order valence-electron chi connectivity index (χ1n) is 12.6. The molecule has 1 amide bonds. The van der Waals surface area contributed by atoms with E-state index in [4.69, 9.17) is 9.47 Å². The lowest BCUT2D eigenvalue weighted by molar-refractivity contribution is -0.137. The molecule has 0 unspecified atom stereocenters. The van der Waals surface area contributed by atoms with Gasteiger partial charge in [-0.25, -0.2) is 21.6 Å². The summed E-state index contributed by atoms with van der Waals surface area (Å²) in [6.07, 6.45) is -6.70. The molecule has 1 heterocycles. The van der Waals surface area contributed by atoms with Gasteiger partial charge in [-0.15, -0.1) is 0 Å². The molecular formula is C28H26F6N2O5S. The lowest BCUT2D eigenvalue weighted by atomic mass is 10.00. The summed E-state index contributed by atoms with van der Waals surface area (Å²) in [6, 6.07) is 8.80. The number of benzene rings is 3. The van der Waals surface area contributed by atoms with Gasteiger partial charge in [0.2, 0.25) is 15.9 Å². The van der Waals surface area contributed by atoms with E-state index in [2.05, 4.69) is 5.32 Å². The quantitative estimate of drug-likeness (QED) is 0.254. The van der Waals surface area contributed by atoms with Crippen LogP contribution in [0.4, 0.5) is 26.3 Å². The Balaban J connectivity index is 1.55. The van der Waals surface area contributed by atoms with E-state index in [9.17, 15) is 39.6 Å². The van der Waals surface area contributed by atoms with Crippen LogP contribution in [0.3, 0.4) is 0 Å². The van der Waals surface area contributed by atoms with Crippen LogP contribution in [0.5, 0.6) is 5.75 Å². The Bertz CT molecular complexity index is 1530. The van der Waals surface area contributed by atoms with Gasteiger partial charge in [0.1, 0.15) is 36.2 Å². The molecule has 0 aromatic heterocycles. The predicted molar refractivity (Wildman–Crippen MR) is 140 cm³/mol. The summed E-state index contributed by atoms with van der Waals surface area (Å²) in [5.74, 6) is -2.44. The highest BCUT2D eigenvalue weighted by Crippen LogP contribution is 2.38. The number of methoxy groups -OCH3 is 1. The smallest absolute Gasteiger partial charge is 0.416 e. The zero-order valence-corrected chi connectivity index (χ0v) is 22.9. The van der Waals surface area contributed by atoms with Crippen molar-refractivity contribution in [1.82, 2.24) is 9.62 Å². The Labute approximate surface area is 238 Å². The van der Waals surface area contributed by atoms with Crippen molar-refractivity contribution < 1.29 is 49.0 Å². The van der Waals surface area contributed by atoms with E-state index in [1.807, 2.05) is 0 Å². The van der Waals surface area contributed by atoms with Gasteiger partial charge >= 0.3 is 6.18 Å². The average Bonchev–Trinajstić information content (AvgIpc) is 3.34. The van der Waals surface area contributed by atoms with Crippen molar-refractivity contribution in [3.8, 4) is 16.9 Å². The van der Waals surface area contributed by atoms with Gasteiger partial charge in [0, 0.05) is 32.2 Å². The number of sulfonamides is 1. The number of nitrogens with one attached hydrogen (secondary N) is 1. The van der Waals surface area contributed by atoms with Crippen LogP contribution in [0.25, 0.3) is 11.1 Å². The number of ether oxygens (including phenoxy) is 2. The van der Waals surface area contributed by atoms with Gasteiger partial charge in [-0.3, -0.25) is 4.79 Å². The first-order chi connectivity index (χ1) is 19.8. The van der Waals surface area contributed by atoms with E-state index in [0.29, 0.717) is 4.31 Å². The van der Waals surface area contributed by atoms with Gasteiger partial charge in [-0.1, -0.05) is 6.07 Å². The molecule has 0 bridgehead atoms. The minimum Gasteiger partial charge on any atom is -0.491 e. The van der Waals surface area contributed by atoms with Crippen molar-refractivity contribution in [3.05, 3.63) is 83.4 Å². The second kappa shape index (κ2) is 12.7. The fraction of sp³-hybridized carbons (Fsp3) is 0.321. The average molecular weight is 617 g/mol. The molecule has 1 aliphatic rings. The fourth-order valence-electron chi connectivity index (χ4n) is 4.51. The lowest BCUT2D eigenvalue weighted by Crippen LogP contribution is -2.45. The molecule has 1 saturated heterocycles. The van der Waals surface area contributed by atoms with Crippen molar-refractivity contribution in [2.24, 2.45) is 0 Å². The maximum atomic E-state index is 14.6. The molecule has 1 N–H and O–H groups in total. The maximum absolute atomic E-state index is 14.6. The van der Waals surface area contributed by atoms with Gasteiger partial charge in [-0.2, -0.15) is 17.5 Å². The van der Waals surface area contributed by atoms with Crippen LogP contribution in [0.15, 0.2) is 65.6 Å². The van der Waals surface area contributed by atoms with Gasteiger partial charge in [0.05, 0.1) is 17.1 Å². The molecular weight excluding hydrogens is 590 g/mol. The fourth-order valence-corrected chi connectivity index (χ4v) is 6.13. The minimum atomic E-state index is -4.65. The first-order valence-corrected chi connectivity index (χ1v) is 14.1. The highest BCUT2D eigenvalue weighted by atomic mass is 32.2. The third-order valence-corrected chi connectivity index (χ3v) is 8.41. The zero-order chi connectivity index (χ0) is 30.7. The standard InChI is InChI=1S/C28H26F6N2O5S/c1-40-8-9-41-26-13-19(28(32,33)34)2-7-24(26)18-10-17(11-21(30)12-18)15-35-27(37)25-14-22(31)16-36(25)42(38,39)23-5-3-20(29)4-6-23/h2-7,10-13,22,25H,8-9,14-16H2,1H3,(H,35,37)/t22-,25+/m1/s1.